The number of pyridine rings is 1. The largest absolute Gasteiger partial charge is 0.493 e. The number of aliphatic carboxylic acids is 1. The zero-order valence-electron chi connectivity index (χ0n) is 44.4. The second kappa shape index (κ2) is 32.9. The minimum atomic E-state index is -4.02. The maximum atomic E-state index is 13.4. The molecular weight excluding hydrogens is 1060 g/mol. The lowest BCUT2D eigenvalue weighted by Gasteiger charge is -2.26. The minimum Gasteiger partial charge on any atom is -0.493 e. The number of ether oxygens (including phenoxy) is 3. The van der Waals surface area contributed by atoms with Crippen LogP contribution in [0, 0.1) is 0 Å². The van der Waals surface area contributed by atoms with Gasteiger partial charge in [-0.25, -0.2) is 4.98 Å². The highest BCUT2D eigenvalue weighted by atomic mass is 32.3. The molecule has 1 aromatic heterocycles. The molecule has 13 N–H and O–H groups in total. The topological polar surface area (TPSA) is 368 Å². The summed E-state index contributed by atoms with van der Waals surface area (Å²) in [5.41, 5.74) is 6.34. The van der Waals surface area contributed by atoms with Gasteiger partial charge in [-0.3, -0.25) is 29.4 Å². The fourth-order valence-electron chi connectivity index (χ4n) is 8.65. The Kier molecular flexibility index (Phi) is 26.3. The molecule has 1 heterocycles. The Morgan fingerprint density at radius 1 is 0.762 bits per heavy atom. The van der Waals surface area contributed by atoms with Gasteiger partial charge >= 0.3 is 5.97 Å². The summed E-state index contributed by atoms with van der Waals surface area (Å²) in [6, 6.07) is 16.5. The molecule has 5 rings (SSSR count). The smallest absolute Gasteiger partial charge is 0.303 e. The van der Waals surface area contributed by atoms with Gasteiger partial charge in [0.2, 0.25) is 11.8 Å². The highest BCUT2D eigenvalue weighted by Crippen LogP contribution is 2.45. The van der Waals surface area contributed by atoms with E-state index in [0.29, 0.717) is 62.4 Å². The molecule has 3 amide bonds. The molecule has 4 aromatic rings. The van der Waals surface area contributed by atoms with Gasteiger partial charge in [0.25, 0.3) is 5.91 Å². The Morgan fingerprint density at radius 2 is 1.45 bits per heavy atom. The minimum absolute atomic E-state index is 0.0357. The van der Waals surface area contributed by atoms with Crippen LogP contribution in [0.2, 0.25) is 0 Å². The van der Waals surface area contributed by atoms with Crippen LogP contribution in [0.25, 0.3) is 0 Å². The SMILES string of the molecule is C=CCc1c(OCCCCCOc2cccc(OCCCC(=O)NCCCCC(NC(=O)c3ccc(N/N=C/c4ccccc4S(O)(O)O)nc3)C(=O)NCC(O)C(O)C(O)C(O)CO)c2CCC(=O)O)ccc2c1CCCC2=O. The van der Waals surface area contributed by atoms with E-state index in [4.69, 9.17) is 19.3 Å². The maximum Gasteiger partial charge on any atom is 0.303 e. The van der Waals surface area contributed by atoms with Crippen LogP contribution in [0.15, 0.2) is 95.6 Å². The number of hydrogen-bond acceptors (Lipinski definition) is 19. The first-order valence-corrected chi connectivity index (χ1v) is 28.0. The molecule has 3 aromatic carbocycles. The molecule has 1 aliphatic carbocycles. The number of hydrazone groups is 1. The van der Waals surface area contributed by atoms with Gasteiger partial charge < -0.3 is 74.5 Å². The molecule has 436 valence electrons. The van der Waals surface area contributed by atoms with Gasteiger partial charge in [-0.1, -0.05) is 30.3 Å². The number of carbonyl (C=O) groups excluding carboxylic acids is 4. The molecule has 0 bridgehead atoms. The molecule has 0 radical (unpaired) electrons. The number of carbonyl (C=O) groups is 5. The summed E-state index contributed by atoms with van der Waals surface area (Å²) < 4.78 is 47.4. The number of allylic oxidation sites excluding steroid dienone is 1. The lowest BCUT2D eigenvalue weighted by molar-refractivity contribution is -0.137. The molecule has 0 aliphatic heterocycles. The highest BCUT2D eigenvalue weighted by molar-refractivity contribution is 8.19. The number of nitrogens with one attached hydrogen (secondary N) is 4. The molecule has 0 saturated carbocycles. The van der Waals surface area contributed by atoms with Crippen molar-refractivity contribution < 1.29 is 82.5 Å². The van der Waals surface area contributed by atoms with E-state index in [-0.39, 0.29) is 72.4 Å². The van der Waals surface area contributed by atoms with Crippen molar-refractivity contribution in [3.8, 4) is 17.2 Å². The number of aliphatic hydroxyl groups is 5. The van der Waals surface area contributed by atoms with Crippen molar-refractivity contribution in [2.75, 3.05) is 44.9 Å². The number of aliphatic hydroxyl groups excluding tert-OH is 5. The van der Waals surface area contributed by atoms with Gasteiger partial charge in [0.05, 0.1) is 49.2 Å². The Labute approximate surface area is 465 Å². The Bertz CT molecular complexity index is 2710. The average Bonchev–Trinajstić information content (AvgIpc) is 3.51. The van der Waals surface area contributed by atoms with Crippen molar-refractivity contribution in [1.82, 2.24) is 20.9 Å². The monoisotopic (exact) mass is 1130 g/mol. The van der Waals surface area contributed by atoms with E-state index in [1.54, 1.807) is 24.3 Å². The quantitative estimate of drug-likeness (QED) is 0.0126. The second-order valence-corrected chi connectivity index (χ2v) is 20.4. The number of nitrogens with zero attached hydrogens (tertiary/aromatic N) is 2. The Morgan fingerprint density at radius 3 is 2.11 bits per heavy atom. The number of carboxylic acids is 1. The van der Waals surface area contributed by atoms with Gasteiger partial charge in [-0.15, -0.1) is 6.58 Å². The highest BCUT2D eigenvalue weighted by Gasteiger charge is 2.31. The van der Waals surface area contributed by atoms with E-state index in [1.807, 2.05) is 18.2 Å². The van der Waals surface area contributed by atoms with Gasteiger partial charge in [0.15, 0.2) is 5.78 Å². The number of unbranched alkanes of at least 4 members (excludes halogenated alkanes) is 3. The van der Waals surface area contributed by atoms with E-state index in [0.717, 1.165) is 54.5 Å². The predicted octanol–water partition coefficient (Wildman–Crippen LogP) is 4.80. The summed E-state index contributed by atoms with van der Waals surface area (Å²) >= 11 is 0. The van der Waals surface area contributed by atoms with Gasteiger partial charge in [0, 0.05) is 60.8 Å². The molecule has 0 fully saturated rings. The average molecular weight is 1140 g/mol. The Balaban J connectivity index is 1.06. The van der Waals surface area contributed by atoms with Crippen LogP contribution in [-0.2, 0) is 33.6 Å². The first-order valence-electron chi connectivity index (χ1n) is 26.5. The molecule has 0 spiro atoms. The third-order valence-electron chi connectivity index (χ3n) is 13.0. The third-order valence-corrected chi connectivity index (χ3v) is 13.9. The van der Waals surface area contributed by atoms with Crippen LogP contribution in [0.1, 0.15) is 114 Å². The third kappa shape index (κ3) is 20.3. The van der Waals surface area contributed by atoms with Gasteiger partial charge in [0.1, 0.15) is 58.3 Å². The first kappa shape index (κ1) is 63.8. The number of Topliss-reactive ketones (excluding diaryl/α,β-unsaturated/α-hetero) is 1. The molecule has 23 nitrogen and oxygen atoms in total. The van der Waals surface area contributed by atoms with E-state index < -0.39 is 72.3 Å². The molecule has 24 heteroatoms. The van der Waals surface area contributed by atoms with E-state index in [2.05, 4.69) is 38.0 Å². The zero-order valence-corrected chi connectivity index (χ0v) is 45.2. The van der Waals surface area contributed by atoms with E-state index >= 15 is 0 Å². The molecule has 80 heavy (non-hydrogen) atoms. The van der Waals surface area contributed by atoms with E-state index in [9.17, 15) is 63.2 Å². The zero-order chi connectivity index (χ0) is 58.0. The van der Waals surface area contributed by atoms with Crippen LogP contribution in [0.4, 0.5) is 5.82 Å². The first-order chi connectivity index (χ1) is 38.4. The molecule has 1 aliphatic rings. The number of benzene rings is 3. The van der Waals surface area contributed by atoms with Crippen molar-refractivity contribution >= 4 is 52.4 Å². The Hall–Kier alpha value is -7.00. The normalized spacial score (nSPS) is 14.4. The lowest BCUT2D eigenvalue weighted by Crippen LogP contribution is -2.52. The van der Waals surface area contributed by atoms with Crippen molar-refractivity contribution in [2.45, 2.75) is 125 Å². The van der Waals surface area contributed by atoms with Crippen molar-refractivity contribution in [2.24, 2.45) is 5.10 Å². The van der Waals surface area contributed by atoms with Crippen LogP contribution >= 0.6 is 10.9 Å². The van der Waals surface area contributed by atoms with Crippen LogP contribution < -0.4 is 35.6 Å². The maximum absolute atomic E-state index is 13.4. The van der Waals surface area contributed by atoms with Crippen molar-refractivity contribution in [3.63, 3.8) is 0 Å². The number of rotatable bonds is 36. The standard InChI is InChI=1S/C56H74N6O17S/c1-2-13-40-38-15-10-17-43(64)39(38)23-25-48(40)78-30-9-3-8-29-77-46-18-11-19-47(41(46)24-27-52(68)69)79-31-12-21-51(67)57-28-7-6-16-42(56(73)59-34-44(65)53(70)54(71)45(66)35-63)61-55(72)37-22-26-50(58-32-37)62-60-33-36-14-4-5-20-49(36)80(74,75)76/h2,4-5,11,14,18-20,22-23,25-26,32-33,42,44-45,53-54,63,65-66,70-71,74-76H,1,3,6-10,12-13,15-17,21,24,27-31,34-35H2,(H,57,67)(H,58,62)(H,59,73)(H,61,72)(H,68,69)/b60-33+. The summed E-state index contributed by atoms with van der Waals surface area (Å²) in [4.78, 5) is 67.6. The number of ketones is 1. The van der Waals surface area contributed by atoms with Crippen molar-refractivity contribution in [3.05, 3.63) is 119 Å². The second-order valence-electron chi connectivity index (χ2n) is 18.9. The van der Waals surface area contributed by atoms with Gasteiger partial charge in [-0.2, -0.15) is 5.10 Å². The van der Waals surface area contributed by atoms with Crippen molar-refractivity contribution in [1.29, 1.82) is 0 Å². The summed E-state index contributed by atoms with van der Waals surface area (Å²) in [6.45, 7) is 3.62. The summed E-state index contributed by atoms with van der Waals surface area (Å²) in [5, 5.41) is 70.7. The fraction of sp³-hybridized carbons (Fsp3) is 0.446. The number of carboxylic acid groups (broad SMARTS) is 1. The molecule has 5 atom stereocenters. The van der Waals surface area contributed by atoms with Gasteiger partial charge in [-0.05, 0) is 119 Å². The van der Waals surface area contributed by atoms with Crippen LogP contribution in [-0.4, -0.2) is 155 Å². The molecular formula is C56H74N6O17S. The number of aromatic nitrogens is 1. The number of amides is 3. The molecule has 0 saturated heterocycles. The number of anilines is 1. The van der Waals surface area contributed by atoms with Crippen LogP contribution in [0.3, 0.4) is 0 Å². The number of fused-ring (bicyclic) bond motifs is 1. The summed E-state index contributed by atoms with van der Waals surface area (Å²) in [6.07, 6.45) is 3.17. The summed E-state index contributed by atoms with van der Waals surface area (Å²) in [5.74, 6) is -0.652. The lowest BCUT2D eigenvalue weighted by atomic mass is 9.86. The summed E-state index contributed by atoms with van der Waals surface area (Å²) in [7, 11) is -4.02. The molecule has 5 unspecified atom stereocenters. The van der Waals surface area contributed by atoms with E-state index in [1.165, 1.54) is 42.7 Å². The predicted molar refractivity (Wildman–Crippen MR) is 297 cm³/mol. The van der Waals surface area contributed by atoms with Crippen LogP contribution in [0.5, 0.6) is 17.2 Å². The number of hydrogen-bond donors (Lipinski definition) is 13. The fourth-order valence-corrected chi connectivity index (χ4v) is 9.35.